The zero-order valence-corrected chi connectivity index (χ0v) is 18.3. The van der Waals surface area contributed by atoms with Gasteiger partial charge in [-0.15, -0.1) is 0 Å². The van der Waals surface area contributed by atoms with Crippen LogP contribution in [0.3, 0.4) is 0 Å². The summed E-state index contributed by atoms with van der Waals surface area (Å²) in [5.74, 6) is 0.706. The van der Waals surface area contributed by atoms with Gasteiger partial charge in [-0.05, 0) is 19.9 Å². The maximum atomic E-state index is 13.3. The van der Waals surface area contributed by atoms with E-state index in [1.807, 2.05) is 52.5 Å². The van der Waals surface area contributed by atoms with E-state index in [-0.39, 0.29) is 5.69 Å². The van der Waals surface area contributed by atoms with E-state index in [9.17, 15) is 4.79 Å². The predicted octanol–water partition coefficient (Wildman–Crippen LogP) is 2.64. The van der Waals surface area contributed by atoms with Gasteiger partial charge in [-0.1, -0.05) is 0 Å². The number of fused-ring (bicyclic) bond motifs is 3. The average molecular weight is 417 g/mol. The van der Waals surface area contributed by atoms with Gasteiger partial charge in [0.15, 0.2) is 0 Å². The van der Waals surface area contributed by atoms with E-state index in [2.05, 4.69) is 15.2 Å². The standard InChI is InChI=1S/C22H23N7O2/c1-12-16(10-26(3)24-12)14-7-15-17(8-20(14)31-6)23-9-18-21(15)29(22(30)28(18)5)19-11-27(4)25-13(19)2/h7-11H,1-6H3. The maximum absolute atomic E-state index is 13.3. The number of hydrogen-bond donors (Lipinski definition) is 0. The van der Waals surface area contributed by atoms with Gasteiger partial charge in [0.1, 0.15) is 5.75 Å². The van der Waals surface area contributed by atoms with Crippen molar-refractivity contribution in [2.45, 2.75) is 13.8 Å². The van der Waals surface area contributed by atoms with Crippen LogP contribution in [0.1, 0.15) is 11.4 Å². The molecule has 0 saturated carbocycles. The number of aromatic nitrogens is 7. The molecule has 0 aliphatic carbocycles. The number of methoxy groups -OCH3 is 1. The third-order valence-corrected chi connectivity index (χ3v) is 5.74. The van der Waals surface area contributed by atoms with Crippen LogP contribution in [-0.2, 0) is 21.1 Å². The van der Waals surface area contributed by atoms with Crippen molar-refractivity contribution in [2.24, 2.45) is 21.1 Å². The average Bonchev–Trinajstić information content (AvgIpc) is 3.33. The van der Waals surface area contributed by atoms with Crippen molar-refractivity contribution in [3.05, 3.63) is 52.6 Å². The Labute approximate surface area is 178 Å². The summed E-state index contributed by atoms with van der Waals surface area (Å²) in [6.07, 6.45) is 5.56. The molecule has 1 aromatic carbocycles. The third kappa shape index (κ3) is 2.69. The molecule has 9 heteroatoms. The van der Waals surface area contributed by atoms with E-state index in [1.54, 1.807) is 38.9 Å². The number of nitrogens with zero attached hydrogens (tertiary/aromatic N) is 7. The molecule has 0 aliphatic heterocycles. The number of aryl methyl sites for hydroxylation is 5. The van der Waals surface area contributed by atoms with Crippen LogP contribution in [0, 0.1) is 13.8 Å². The summed E-state index contributed by atoms with van der Waals surface area (Å²) in [5, 5.41) is 9.77. The highest BCUT2D eigenvalue weighted by Gasteiger charge is 2.21. The summed E-state index contributed by atoms with van der Waals surface area (Å²) >= 11 is 0. The Morgan fingerprint density at radius 3 is 2.26 bits per heavy atom. The number of hydrogen-bond acceptors (Lipinski definition) is 5. The van der Waals surface area contributed by atoms with Gasteiger partial charge in [0, 0.05) is 56.1 Å². The lowest BCUT2D eigenvalue weighted by atomic mass is 10.0. The Hall–Kier alpha value is -3.88. The molecule has 5 aromatic rings. The lowest BCUT2D eigenvalue weighted by Crippen LogP contribution is -2.21. The summed E-state index contributed by atoms with van der Waals surface area (Å²) < 4.78 is 12.5. The summed E-state index contributed by atoms with van der Waals surface area (Å²) in [7, 11) is 7.15. The molecule has 158 valence electrons. The Morgan fingerprint density at radius 1 is 0.935 bits per heavy atom. The highest BCUT2D eigenvalue weighted by Crippen LogP contribution is 2.37. The molecule has 0 radical (unpaired) electrons. The number of pyridine rings is 1. The van der Waals surface area contributed by atoms with E-state index in [4.69, 9.17) is 4.74 Å². The minimum Gasteiger partial charge on any atom is -0.496 e. The lowest BCUT2D eigenvalue weighted by molar-refractivity contribution is 0.417. The second-order valence-corrected chi connectivity index (χ2v) is 7.81. The molecule has 4 aromatic heterocycles. The van der Waals surface area contributed by atoms with Crippen LogP contribution < -0.4 is 10.4 Å². The molecule has 9 nitrogen and oxygen atoms in total. The highest BCUT2D eigenvalue weighted by molar-refractivity contribution is 6.05. The molecule has 0 bridgehead atoms. The quantitative estimate of drug-likeness (QED) is 0.451. The van der Waals surface area contributed by atoms with Crippen LogP contribution in [0.25, 0.3) is 38.8 Å². The molecule has 0 saturated heterocycles. The topological polar surface area (TPSA) is 84.7 Å². The van der Waals surface area contributed by atoms with Crippen LogP contribution in [0.2, 0.25) is 0 Å². The van der Waals surface area contributed by atoms with Crippen molar-refractivity contribution in [2.75, 3.05) is 7.11 Å². The molecule has 5 rings (SSSR count). The fourth-order valence-corrected chi connectivity index (χ4v) is 4.30. The largest absolute Gasteiger partial charge is 0.496 e. The lowest BCUT2D eigenvalue weighted by Gasteiger charge is -2.11. The van der Waals surface area contributed by atoms with Gasteiger partial charge in [-0.3, -0.25) is 23.5 Å². The van der Waals surface area contributed by atoms with Crippen LogP contribution >= 0.6 is 0 Å². The SMILES string of the molecule is COc1cc2ncc3c(c2cc1-c1cn(C)nc1C)n(-c1cn(C)nc1C)c(=O)n3C. The van der Waals surface area contributed by atoms with Crippen molar-refractivity contribution in [1.82, 2.24) is 33.7 Å². The molecule has 0 spiro atoms. The molecular formula is C22H23N7O2. The van der Waals surface area contributed by atoms with Gasteiger partial charge in [-0.25, -0.2) is 4.79 Å². The number of rotatable bonds is 3. The Balaban J connectivity index is 1.95. The molecule has 0 unspecified atom stereocenters. The molecule has 0 aliphatic rings. The van der Waals surface area contributed by atoms with Gasteiger partial charge in [0.2, 0.25) is 0 Å². The van der Waals surface area contributed by atoms with Crippen LogP contribution in [0.15, 0.2) is 35.5 Å². The molecule has 0 amide bonds. The zero-order chi connectivity index (χ0) is 22.0. The van der Waals surface area contributed by atoms with Crippen LogP contribution in [0.4, 0.5) is 0 Å². The van der Waals surface area contributed by atoms with Gasteiger partial charge >= 0.3 is 5.69 Å². The normalized spacial score (nSPS) is 11.7. The van der Waals surface area contributed by atoms with E-state index in [1.165, 1.54) is 0 Å². The summed E-state index contributed by atoms with van der Waals surface area (Å²) in [5.41, 5.74) is 6.44. The summed E-state index contributed by atoms with van der Waals surface area (Å²) in [4.78, 5) is 17.9. The van der Waals surface area contributed by atoms with Crippen molar-refractivity contribution in [3.8, 4) is 22.6 Å². The number of imidazole rings is 1. The first-order valence-corrected chi connectivity index (χ1v) is 9.89. The van der Waals surface area contributed by atoms with Gasteiger partial charge in [0.25, 0.3) is 0 Å². The molecular weight excluding hydrogens is 394 g/mol. The number of benzene rings is 1. The predicted molar refractivity (Wildman–Crippen MR) is 119 cm³/mol. The Morgan fingerprint density at radius 2 is 1.65 bits per heavy atom. The van der Waals surface area contributed by atoms with Gasteiger partial charge in [-0.2, -0.15) is 10.2 Å². The van der Waals surface area contributed by atoms with Crippen molar-refractivity contribution < 1.29 is 4.74 Å². The molecule has 4 heterocycles. The monoisotopic (exact) mass is 417 g/mol. The summed E-state index contributed by atoms with van der Waals surface area (Å²) in [6.45, 7) is 3.87. The number of ether oxygens (including phenoxy) is 1. The first-order chi connectivity index (χ1) is 14.8. The molecule has 0 N–H and O–H groups in total. The fraction of sp³-hybridized carbons (Fsp3) is 0.273. The van der Waals surface area contributed by atoms with E-state index < -0.39 is 0 Å². The second kappa shape index (κ2) is 6.56. The second-order valence-electron chi connectivity index (χ2n) is 7.81. The highest BCUT2D eigenvalue weighted by atomic mass is 16.5. The van der Waals surface area contributed by atoms with E-state index >= 15 is 0 Å². The summed E-state index contributed by atoms with van der Waals surface area (Å²) in [6, 6.07) is 3.95. The minimum atomic E-state index is -0.143. The Bertz CT molecular complexity index is 1550. The third-order valence-electron chi connectivity index (χ3n) is 5.74. The first kappa shape index (κ1) is 19.1. The van der Waals surface area contributed by atoms with Crippen molar-refractivity contribution >= 4 is 21.9 Å². The van der Waals surface area contributed by atoms with Crippen molar-refractivity contribution in [3.63, 3.8) is 0 Å². The fourth-order valence-electron chi connectivity index (χ4n) is 4.30. The minimum absolute atomic E-state index is 0.143. The smallest absolute Gasteiger partial charge is 0.333 e. The van der Waals surface area contributed by atoms with E-state index in [0.29, 0.717) is 5.75 Å². The maximum Gasteiger partial charge on any atom is 0.333 e. The van der Waals surface area contributed by atoms with E-state index in [0.717, 1.165) is 50.1 Å². The molecule has 0 fully saturated rings. The first-order valence-electron chi connectivity index (χ1n) is 9.89. The molecule has 0 atom stereocenters. The molecule has 31 heavy (non-hydrogen) atoms. The van der Waals surface area contributed by atoms with Gasteiger partial charge < -0.3 is 4.74 Å². The zero-order valence-electron chi connectivity index (χ0n) is 18.3. The van der Waals surface area contributed by atoms with Gasteiger partial charge in [0.05, 0.1) is 46.9 Å². The van der Waals surface area contributed by atoms with Crippen LogP contribution in [-0.4, -0.2) is 40.8 Å². The Kier molecular flexibility index (Phi) is 4.04. The van der Waals surface area contributed by atoms with Crippen LogP contribution in [0.5, 0.6) is 5.75 Å². The van der Waals surface area contributed by atoms with Crippen molar-refractivity contribution in [1.29, 1.82) is 0 Å².